The van der Waals surface area contributed by atoms with E-state index >= 15 is 0 Å². The fraction of sp³-hybridized carbons (Fsp3) is 0.154. The summed E-state index contributed by atoms with van der Waals surface area (Å²) in [6.45, 7) is 1.92. The van der Waals surface area contributed by atoms with Crippen molar-refractivity contribution < 1.29 is 4.63 Å². The van der Waals surface area contributed by atoms with Crippen molar-refractivity contribution in [2.75, 3.05) is 5.73 Å². The second kappa shape index (κ2) is 4.62. The molecule has 0 spiro atoms. The van der Waals surface area contributed by atoms with Crippen molar-refractivity contribution in [1.82, 2.24) is 15.3 Å². The van der Waals surface area contributed by atoms with Crippen LogP contribution < -0.4 is 5.73 Å². The molecule has 0 fully saturated rings. The van der Waals surface area contributed by atoms with Gasteiger partial charge in [-0.3, -0.25) is 0 Å². The van der Waals surface area contributed by atoms with E-state index in [1.165, 1.54) is 0 Å². The van der Waals surface area contributed by atoms with E-state index < -0.39 is 0 Å². The Kier molecular flexibility index (Phi) is 2.94. The molecule has 0 saturated heterocycles. The molecule has 0 bridgehead atoms. The number of nitrogen functional groups attached to an aromatic ring is 1. The normalized spacial score (nSPS) is 11.1. The van der Waals surface area contributed by atoms with Crippen molar-refractivity contribution in [2.24, 2.45) is 0 Å². The maximum atomic E-state index is 6.13. The van der Waals surface area contributed by atoms with Gasteiger partial charge in [0.2, 0.25) is 5.65 Å². The van der Waals surface area contributed by atoms with Crippen LogP contribution in [0.5, 0.6) is 0 Å². The Morgan fingerprint density at radius 1 is 1.21 bits per heavy atom. The molecular formula is C13H11BrN4O. The van der Waals surface area contributed by atoms with Crippen LogP contribution in [0.4, 0.5) is 5.69 Å². The molecule has 0 atom stereocenters. The van der Waals surface area contributed by atoms with Gasteiger partial charge in [0, 0.05) is 22.2 Å². The smallest absolute Gasteiger partial charge is 0.226 e. The zero-order chi connectivity index (χ0) is 13.4. The molecule has 3 aromatic rings. The van der Waals surface area contributed by atoms with Crippen molar-refractivity contribution in [3.63, 3.8) is 0 Å². The minimum Gasteiger partial charge on any atom is -0.396 e. The van der Waals surface area contributed by atoms with Gasteiger partial charge in [-0.2, -0.15) is 0 Å². The molecule has 0 unspecified atom stereocenters. The zero-order valence-electron chi connectivity index (χ0n) is 10.2. The molecule has 0 aliphatic heterocycles. The highest BCUT2D eigenvalue weighted by atomic mass is 79.9. The molecule has 6 heteroatoms. The number of aryl methyl sites for hydroxylation is 1. The molecular weight excluding hydrogens is 308 g/mol. The first-order valence-electron chi connectivity index (χ1n) is 5.77. The molecule has 5 nitrogen and oxygen atoms in total. The minimum absolute atomic E-state index is 0.453. The molecule has 96 valence electrons. The highest BCUT2D eigenvalue weighted by Crippen LogP contribution is 2.25. The molecule has 0 aliphatic rings. The van der Waals surface area contributed by atoms with Crippen LogP contribution in [0.3, 0.4) is 0 Å². The van der Waals surface area contributed by atoms with Crippen molar-refractivity contribution in [3.8, 4) is 0 Å². The van der Waals surface area contributed by atoms with E-state index in [1.807, 2.05) is 31.2 Å². The topological polar surface area (TPSA) is 77.8 Å². The van der Waals surface area contributed by atoms with Crippen LogP contribution in [-0.2, 0) is 6.42 Å². The molecule has 19 heavy (non-hydrogen) atoms. The standard InChI is InChI=1S/C13H11BrN4O/c1-7-10(6-8-2-4-9(14)5-3-8)11(15)12-13(16-7)18-19-17-12/h2-5H,6,15H2,1H3. The molecule has 2 aromatic heterocycles. The van der Waals surface area contributed by atoms with Crippen molar-refractivity contribution in [3.05, 3.63) is 45.6 Å². The Hall–Kier alpha value is -1.95. The number of pyridine rings is 1. The third kappa shape index (κ3) is 2.19. The minimum atomic E-state index is 0.453. The van der Waals surface area contributed by atoms with E-state index in [4.69, 9.17) is 5.73 Å². The number of aromatic nitrogens is 3. The van der Waals surface area contributed by atoms with Gasteiger partial charge >= 0.3 is 0 Å². The lowest BCUT2D eigenvalue weighted by molar-refractivity contribution is 0.315. The second-order valence-electron chi connectivity index (χ2n) is 4.33. The predicted octanol–water partition coefficient (Wildman–Crippen LogP) is 2.86. The van der Waals surface area contributed by atoms with E-state index in [1.54, 1.807) is 0 Å². The lowest BCUT2D eigenvalue weighted by atomic mass is 10.0. The maximum Gasteiger partial charge on any atom is 0.226 e. The molecule has 0 radical (unpaired) electrons. The number of benzene rings is 1. The van der Waals surface area contributed by atoms with Crippen molar-refractivity contribution >= 4 is 32.8 Å². The predicted molar refractivity (Wildman–Crippen MR) is 75.7 cm³/mol. The summed E-state index contributed by atoms with van der Waals surface area (Å²) in [5, 5.41) is 7.51. The molecule has 2 N–H and O–H groups in total. The molecule has 0 saturated carbocycles. The van der Waals surface area contributed by atoms with E-state index in [-0.39, 0.29) is 0 Å². The number of fused-ring (bicyclic) bond motifs is 1. The van der Waals surface area contributed by atoms with Gasteiger partial charge in [0.1, 0.15) is 0 Å². The molecule has 2 heterocycles. The van der Waals surface area contributed by atoms with Gasteiger partial charge in [0.05, 0.1) is 5.69 Å². The number of hydrogen-bond donors (Lipinski definition) is 1. The average molecular weight is 319 g/mol. The van der Waals surface area contributed by atoms with E-state index in [0.717, 1.165) is 21.3 Å². The number of nitrogens with two attached hydrogens (primary N) is 1. The van der Waals surface area contributed by atoms with Crippen LogP contribution in [0, 0.1) is 6.92 Å². The van der Waals surface area contributed by atoms with E-state index in [0.29, 0.717) is 23.3 Å². The first kappa shape index (κ1) is 12.1. The van der Waals surface area contributed by atoms with Crippen LogP contribution in [0.25, 0.3) is 11.2 Å². The number of hydrogen-bond acceptors (Lipinski definition) is 5. The average Bonchev–Trinajstić information content (AvgIpc) is 2.85. The highest BCUT2D eigenvalue weighted by Gasteiger charge is 2.14. The largest absolute Gasteiger partial charge is 0.396 e. The Balaban J connectivity index is 2.06. The molecule has 0 amide bonds. The summed E-state index contributed by atoms with van der Waals surface area (Å²) in [5.41, 5.74) is 10.7. The van der Waals surface area contributed by atoms with Gasteiger partial charge < -0.3 is 5.73 Å². The van der Waals surface area contributed by atoms with Gasteiger partial charge in [0.15, 0.2) is 5.52 Å². The van der Waals surface area contributed by atoms with Crippen LogP contribution in [0.15, 0.2) is 33.4 Å². The van der Waals surface area contributed by atoms with Crippen LogP contribution in [0.2, 0.25) is 0 Å². The van der Waals surface area contributed by atoms with Gasteiger partial charge in [-0.05, 0) is 34.9 Å². The summed E-state index contributed by atoms with van der Waals surface area (Å²) < 4.78 is 5.72. The monoisotopic (exact) mass is 318 g/mol. The number of rotatable bonds is 2. The molecule has 1 aromatic carbocycles. The van der Waals surface area contributed by atoms with Crippen LogP contribution in [0.1, 0.15) is 16.8 Å². The summed E-state index contributed by atoms with van der Waals surface area (Å²) in [6.07, 6.45) is 0.709. The quantitative estimate of drug-likeness (QED) is 0.786. The Labute approximate surface area is 117 Å². The Morgan fingerprint density at radius 3 is 2.68 bits per heavy atom. The van der Waals surface area contributed by atoms with Crippen LogP contribution in [-0.4, -0.2) is 15.3 Å². The first-order chi connectivity index (χ1) is 9.15. The third-order valence-corrected chi connectivity index (χ3v) is 3.58. The highest BCUT2D eigenvalue weighted by molar-refractivity contribution is 9.10. The summed E-state index contributed by atoms with van der Waals surface area (Å²) >= 11 is 3.42. The fourth-order valence-corrected chi connectivity index (χ4v) is 2.28. The van der Waals surface area contributed by atoms with Crippen LogP contribution >= 0.6 is 15.9 Å². The Morgan fingerprint density at radius 2 is 1.95 bits per heavy atom. The Bertz CT molecular complexity index is 736. The van der Waals surface area contributed by atoms with Gasteiger partial charge in [-0.1, -0.05) is 28.1 Å². The van der Waals surface area contributed by atoms with Gasteiger partial charge in [0.25, 0.3) is 0 Å². The molecule has 0 aliphatic carbocycles. The number of nitrogens with zero attached hydrogens (tertiary/aromatic N) is 3. The number of halogens is 1. The third-order valence-electron chi connectivity index (χ3n) is 3.06. The van der Waals surface area contributed by atoms with Gasteiger partial charge in [-0.15, -0.1) is 0 Å². The summed E-state index contributed by atoms with van der Waals surface area (Å²) in [5.74, 6) is 0. The fourth-order valence-electron chi connectivity index (χ4n) is 2.02. The van der Waals surface area contributed by atoms with Crippen molar-refractivity contribution in [2.45, 2.75) is 13.3 Å². The first-order valence-corrected chi connectivity index (χ1v) is 6.56. The van der Waals surface area contributed by atoms with Crippen molar-refractivity contribution in [1.29, 1.82) is 0 Å². The SMILES string of the molecule is Cc1nc2nonc2c(N)c1Cc1ccc(Br)cc1. The summed E-state index contributed by atoms with van der Waals surface area (Å²) in [6, 6.07) is 8.11. The second-order valence-corrected chi connectivity index (χ2v) is 5.24. The molecule has 3 rings (SSSR count). The van der Waals surface area contributed by atoms with Gasteiger partial charge in [-0.25, -0.2) is 9.61 Å². The lowest BCUT2D eigenvalue weighted by Gasteiger charge is -2.08. The summed E-state index contributed by atoms with van der Waals surface area (Å²) in [4.78, 5) is 4.35. The maximum absolute atomic E-state index is 6.13. The summed E-state index contributed by atoms with van der Waals surface area (Å²) in [7, 11) is 0. The number of anilines is 1. The lowest BCUT2D eigenvalue weighted by Crippen LogP contribution is -2.02. The van der Waals surface area contributed by atoms with E-state index in [9.17, 15) is 0 Å². The van der Waals surface area contributed by atoms with E-state index in [2.05, 4.69) is 35.9 Å². The zero-order valence-corrected chi connectivity index (χ0v) is 11.8.